The highest BCUT2D eigenvalue weighted by Gasteiger charge is 2.41. The number of rotatable bonds is 5. The topological polar surface area (TPSA) is 73.2 Å². The molecule has 1 fully saturated rings. The number of nitrogens with one attached hydrogen (secondary N) is 1. The second-order valence-corrected chi connectivity index (χ2v) is 10.8. The summed E-state index contributed by atoms with van der Waals surface area (Å²) >= 11 is 7.17. The molecule has 1 aliphatic heterocycles. The fourth-order valence-corrected chi connectivity index (χ4v) is 5.60. The van der Waals surface area contributed by atoms with E-state index in [1.165, 1.54) is 4.90 Å². The van der Waals surface area contributed by atoms with E-state index in [4.69, 9.17) is 11.6 Å². The maximum Gasteiger partial charge on any atom is 0.416 e. The number of hydrogen-bond acceptors (Lipinski definition) is 4. The highest BCUT2D eigenvalue weighted by atomic mass is 35.5. The second kappa shape index (κ2) is 11.2. The van der Waals surface area contributed by atoms with Crippen LogP contribution in [0.5, 0.6) is 0 Å². The second-order valence-electron chi connectivity index (χ2n) is 9.17. The van der Waals surface area contributed by atoms with E-state index >= 15 is 0 Å². The molecule has 0 aromatic heterocycles. The Bertz CT molecular complexity index is 1550. The van der Waals surface area contributed by atoms with Crippen LogP contribution in [0.4, 0.5) is 24.5 Å². The van der Waals surface area contributed by atoms with Gasteiger partial charge in [0.15, 0.2) is 0 Å². The van der Waals surface area contributed by atoms with Crippen molar-refractivity contribution in [3.8, 4) is 6.07 Å². The van der Waals surface area contributed by atoms with Crippen molar-refractivity contribution in [2.75, 3.05) is 10.2 Å². The van der Waals surface area contributed by atoms with Crippen LogP contribution in [0, 0.1) is 32.1 Å². The van der Waals surface area contributed by atoms with Gasteiger partial charge in [-0.1, -0.05) is 41.6 Å². The molecule has 10 heteroatoms. The lowest BCUT2D eigenvalue weighted by molar-refractivity contribution is -0.137. The summed E-state index contributed by atoms with van der Waals surface area (Å²) in [5, 5.41) is 12.0. The van der Waals surface area contributed by atoms with Crippen molar-refractivity contribution in [2.24, 2.45) is 0 Å². The van der Waals surface area contributed by atoms with E-state index < -0.39 is 28.8 Å². The smallest absolute Gasteiger partial charge is 0.321 e. The zero-order valence-corrected chi connectivity index (χ0v) is 22.8. The minimum atomic E-state index is -4.58. The van der Waals surface area contributed by atoms with Gasteiger partial charge in [-0.2, -0.15) is 18.4 Å². The standard InChI is InChI=1S/C29H23ClF3N3O2S/c1-16-5-4-6-21(11-16)35-26(37)23(15-34)28-36(22-9-7-17(2)18(3)12-22)27(38)25(39-28)14-19-13-20(29(31,32)33)8-10-24(19)30/h4-13,25H,14H2,1-3H3,(H,35,37)/b28-23-. The van der Waals surface area contributed by atoms with Crippen molar-refractivity contribution < 1.29 is 22.8 Å². The maximum absolute atomic E-state index is 13.7. The highest BCUT2D eigenvalue weighted by molar-refractivity contribution is 8.05. The number of hydrogen-bond donors (Lipinski definition) is 1. The Labute approximate surface area is 233 Å². The lowest BCUT2D eigenvalue weighted by Crippen LogP contribution is -2.31. The molecule has 39 heavy (non-hydrogen) atoms. The van der Waals surface area contributed by atoms with Crippen molar-refractivity contribution in [3.63, 3.8) is 0 Å². The Hall–Kier alpha value is -3.74. The molecule has 1 atom stereocenters. The van der Waals surface area contributed by atoms with Crippen LogP contribution in [0.25, 0.3) is 0 Å². The van der Waals surface area contributed by atoms with Crippen molar-refractivity contribution in [2.45, 2.75) is 38.6 Å². The molecule has 0 aliphatic carbocycles. The number of thioether (sulfide) groups is 1. The molecule has 5 nitrogen and oxygen atoms in total. The van der Waals surface area contributed by atoms with Crippen LogP contribution in [0.1, 0.15) is 27.8 Å². The van der Waals surface area contributed by atoms with Gasteiger partial charge in [-0.25, -0.2) is 0 Å². The summed E-state index contributed by atoms with van der Waals surface area (Å²) in [6, 6.07) is 17.2. The summed E-state index contributed by atoms with van der Waals surface area (Å²) in [5.74, 6) is -1.17. The number of carbonyl (C=O) groups is 2. The molecule has 1 unspecified atom stereocenters. The molecule has 1 aliphatic rings. The van der Waals surface area contributed by atoms with Gasteiger partial charge in [0.25, 0.3) is 5.91 Å². The summed E-state index contributed by atoms with van der Waals surface area (Å²) in [7, 11) is 0. The van der Waals surface area contributed by atoms with Gasteiger partial charge in [0.05, 0.1) is 10.8 Å². The van der Waals surface area contributed by atoms with Crippen LogP contribution in [-0.4, -0.2) is 17.1 Å². The zero-order valence-electron chi connectivity index (χ0n) is 21.2. The SMILES string of the molecule is Cc1cccc(NC(=O)/C(C#N)=C2\SC(Cc3cc(C(F)(F)F)ccc3Cl)C(=O)N2c2ccc(C)c(C)c2)c1. The predicted molar refractivity (Wildman–Crippen MR) is 147 cm³/mol. The number of nitriles is 1. The molecule has 2 amide bonds. The van der Waals surface area contributed by atoms with E-state index in [9.17, 15) is 28.0 Å². The van der Waals surface area contributed by atoms with E-state index in [2.05, 4.69) is 5.32 Å². The summed E-state index contributed by atoms with van der Waals surface area (Å²) in [6.07, 6.45) is -4.71. The Morgan fingerprint density at radius 1 is 1.08 bits per heavy atom. The molecule has 3 aromatic carbocycles. The molecule has 0 radical (unpaired) electrons. The van der Waals surface area contributed by atoms with E-state index in [-0.39, 0.29) is 27.6 Å². The molecule has 3 aromatic rings. The van der Waals surface area contributed by atoms with Gasteiger partial charge in [-0.05, 0) is 91.9 Å². The molecule has 0 spiro atoms. The molecule has 200 valence electrons. The Kier molecular flexibility index (Phi) is 8.09. The predicted octanol–water partition coefficient (Wildman–Crippen LogP) is 7.35. The zero-order chi connectivity index (χ0) is 28.5. The summed E-state index contributed by atoms with van der Waals surface area (Å²) in [4.78, 5) is 28.2. The van der Waals surface area contributed by atoms with Gasteiger partial charge in [0, 0.05) is 16.4 Å². The lowest BCUT2D eigenvalue weighted by atomic mass is 10.0. The molecule has 1 heterocycles. The first-order valence-electron chi connectivity index (χ1n) is 11.8. The van der Waals surface area contributed by atoms with Crippen molar-refractivity contribution in [1.29, 1.82) is 5.26 Å². The maximum atomic E-state index is 13.7. The number of anilines is 2. The molecule has 1 saturated heterocycles. The molecule has 0 bridgehead atoms. The Morgan fingerprint density at radius 2 is 1.82 bits per heavy atom. The lowest BCUT2D eigenvalue weighted by Gasteiger charge is -2.20. The van der Waals surface area contributed by atoms with Crippen molar-refractivity contribution in [3.05, 3.63) is 104 Å². The largest absolute Gasteiger partial charge is 0.416 e. The average Bonchev–Trinajstić information content (AvgIpc) is 3.17. The summed E-state index contributed by atoms with van der Waals surface area (Å²) < 4.78 is 40.0. The molecular formula is C29H23ClF3N3O2S. The Morgan fingerprint density at radius 3 is 2.46 bits per heavy atom. The van der Waals surface area contributed by atoms with Crippen LogP contribution in [0.15, 0.2) is 71.3 Å². The van der Waals surface area contributed by atoms with Gasteiger partial charge >= 0.3 is 6.18 Å². The van der Waals surface area contributed by atoms with E-state index in [1.807, 2.05) is 39.0 Å². The van der Waals surface area contributed by atoms with Gasteiger partial charge < -0.3 is 5.32 Å². The quantitative estimate of drug-likeness (QED) is 0.257. The van der Waals surface area contributed by atoms with Crippen LogP contribution in [-0.2, 0) is 22.2 Å². The molecular weight excluding hydrogens is 547 g/mol. The van der Waals surface area contributed by atoms with Crippen LogP contribution in [0.2, 0.25) is 5.02 Å². The highest BCUT2D eigenvalue weighted by Crippen LogP contribution is 2.43. The molecule has 4 rings (SSSR count). The number of benzene rings is 3. The molecule has 1 N–H and O–H groups in total. The van der Waals surface area contributed by atoms with Gasteiger partial charge in [-0.15, -0.1) is 0 Å². The first kappa shape index (κ1) is 28.3. The van der Waals surface area contributed by atoms with E-state index in [0.29, 0.717) is 11.4 Å². The van der Waals surface area contributed by atoms with E-state index in [1.54, 1.807) is 30.3 Å². The van der Waals surface area contributed by atoms with Crippen molar-refractivity contribution in [1.82, 2.24) is 0 Å². The van der Waals surface area contributed by atoms with E-state index in [0.717, 1.165) is 46.7 Å². The van der Waals surface area contributed by atoms with Crippen LogP contribution < -0.4 is 10.2 Å². The normalized spacial score (nSPS) is 16.7. The Balaban J connectivity index is 1.77. The third-order valence-electron chi connectivity index (χ3n) is 6.31. The third-order valence-corrected chi connectivity index (χ3v) is 7.94. The van der Waals surface area contributed by atoms with Crippen molar-refractivity contribution >= 4 is 46.6 Å². The van der Waals surface area contributed by atoms with Gasteiger partial charge in [0.2, 0.25) is 5.91 Å². The van der Waals surface area contributed by atoms with Gasteiger partial charge in [0.1, 0.15) is 16.7 Å². The number of alkyl halides is 3. The minimum Gasteiger partial charge on any atom is -0.321 e. The summed E-state index contributed by atoms with van der Waals surface area (Å²) in [6.45, 7) is 5.63. The fourth-order valence-electron chi connectivity index (χ4n) is 4.11. The first-order valence-corrected chi connectivity index (χ1v) is 13.1. The fraction of sp³-hybridized carbons (Fsp3) is 0.207. The van der Waals surface area contributed by atoms with Crippen LogP contribution in [0.3, 0.4) is 0 Å². The minimum absolute atomic E-state index is 0.0873. The van der Waals surface area contributed by atoms with Gasteiger partial charge in [-0.3, -0.25) is 14.5 Å². The number of carbonyl (C=O) groups excluding carboxylic acids is 2. The monoisotopic (exact) mass is 569 g/mol. The third kappa shape index (κ3) is 6.13. The number of nitrogens with zero attached hydrogens (tertiary/aromatic N) is 2. The number of aryl methyl sites for hydroxylation is 3. The summed E-state index contributed by atoms with van der Waals surface area (Å²) in [5.41, 5.74) is 2.66. The molecule has 0 saturated carbocycles. The average molecular weight is 570 g/mol. The first-order chi connectivity index (χ1) is 18.4. The van der Waals surface area contributed by atoms with Crippen LogP contribution >= 0.6 is 23.4 Å². The number of amides is 2. The number of halogens is 4.